The molecule has 0 aliphatic heterocycles. The molecule has 0 saturated heterocycles. The number of hydrogen-bond acceptors (Lipinski definition) is 3. The number of rotatable bonds is 2. The minimum atomic E-state index is -4.74. The van der Waals surface area contributed by atoms with Crippen LogP contribution in [0.15, 0.2) is 6.20 Å². The SMILES string of the molecule is Cc1cnc(OC(F)(F)F)c(CN)c1C. The number of alkyl halides is 3. The van der Waals surface area contributed by atoms with Crippen LogP contribution in [-0.2, 0) is 6.54 Å². The Morgan fingerprint density at radius 2 is 2.00 bits per heavy atom. The van der Waals surface area contributed by atoms with Gasteiger partial charge in [-0.25, -0.2) is 4.98 Å². The zero-order valence-corrected chi connectivity index (χ0v) is 8.35. The Morgan fingerprint density at radius 3 is 2.47 bits per heavy atom. The highest BCUT2D eigenvalue weighted by molar-refractivity contribution is 5.38. The van der Waals surface area contributed by atoms with Crippen LogP contribution in [0.25, 0.3) is 0 Å². The third kappa shape index (κ3) is 2.82. The normalized spacial score (nSPS) is 11.6. The summed E-state index contributed by atoms with van der Waals surface area (Å²) in [5.74, 6) is -0.465. The molecule has 6 heteroatoms. The smallest absolute Gasteiger partial charge is 0.388 e. The van der Waals surface area contributed by atoms with Gasteiger partial charge in [0.05, 0.1) is 0 Å². The van der Waals surface area contributed by atoms with Crippen LogP contribution in [0.1, 0.15) is 16.7 Å². The van der Waals surface area contributed by atoms with Crippen LogP contribution in [0.5, 0.6) is 5.88 Å². The van der Waals surface area contributed by atoms with Gasteiger partial charge in [0.1, 0.15) is 0 Å². The van der Waals surface area contributed by atoms with Crippen molar-refractivity contribution in [2.75, 3.05) is 0 Å². The lowest BCUT2D eigenvalue weighted by molar-refractivity contribution is -0.276. The van der Waals surface area contributed by atoms with Crippen LogP contribution in [0.3, 0.4) is 0 Å². The first-order chi connectivity index (χ1) is 6.85. The summed E-state index contributed by atoms with van der Waals surface area (Å²) in [6, 6.07) is 0. The molecule has 84 valence electrons. The summed E-state index contributed by atoms with van der Waals surface area (Å²) in [5, 5.41) is 0. The van der Waals surface area contributed by atoms with Crippen LogP contribution >= 0.6 is 0 Å². The molecule has 3 nitrogen and oxygen atoms in total. The van der Waals surface area contributed by atoms with Gasteiger partial charge in [0, 0.05) is 18.3 Å². The molecule has 1 aromatic rings. The highest BCUT2D eigenvalue weighted by atomic mass is 19.4. The summed E-state index contributed by atoms with van der Waals surface area (Å²) in [4.78, 5) is 3.57. The molecule has 0 atom stereocenters. The summed E-state index contributed by atoms with van der Waals surface area (Å²) < 4.78 is 39.7. The monoisotopic (exact) mass is 220 g/mol. The third-order valence-electron chi connectivity index (χ3n) is 2.09. The van der Waals surface area contributed by atoms with E-state index in [9.17, 15) is 13.2 Å². The fourth-order valence-electron chi connectivity index (χ4n) is 1.17. The molecular formula is C9H11F3N2O. The van der Waals surface area contributed by atoms with Gasteiger partial charge in [-0.3, -0.25) is 0 Å². The second-order valence-electron chi connectivity index (χ2n) is 3.10. The van der Waals surface area contributed by atoms with Gasteiger partial charge in [-0.05, 0) is 25.0 Å². The number of aromatic nitrogens is 1. The summed E-state index contributed by atoms with van der Waals surface area (Å²) in [7, 11) is 0. The molecule has 0 spiro atoms. The highest BCUT2D eigenvalue weighted by Crippen LogP contribution is 2.27. The standard InChI is InChI=1S/C9H11F3N2O/c1-5-4-14-8(15-9(10,11)12)7(3-13)6(5)2/h4H,3,13H2,1-2H3. The van der Waals surface area contributed by atoms with E-state index in [2.05, 4.69) is 9.72 Å². The molecule has 2 N–H and O–H groups in total. The van der Waals surface area contributed by atoms with Gasteiger partial charge in [0.2, 0.25) is 5.88 Å². The molecule has 1 heterocycles. The molecule has 0 saturated carbocycles. The molecule has 0 bridgehead atoms. The van der Waals surface area contributed by atoms with E-state index in [1.54, 1.807) is 13.8 Å². The van der Waals surface area contributed by atoms with Gasteiger partial charge < -0.3 is 10.5 Å². The Morgan fingerprint density at radius 1 is 1.40 bits per heavy atom. The zero-order chi connectivity index (χ0) is 11.6. The Bertz CT molecular complexity index is 363. The summed E-state index contributed by atoms with van der Waals surface area (Å²) in [6.45, 7) is 3.40. The van der Waals surface area contributed by atoms with E-state index < -0.39 is 12.2 Å². The van der Waals surface area contributed by atoms with Crippen LogP contribution in [0.4, 0.5) is 13.2 Å². The maximum atomic E-state index is 12.0. The minimum Gasteiger partial charge on any atom is -0.388 e. The first-order valence-electron chi connectivity index (χ1n) is 4.26. The van der Waals surface area contributed by atoms with Crippen LogP contribution in [-0.4, -0.2) is 11.3 Å². The second kappa shape index (κ2) is 4.06. The maximum absolute atomic E-state index is 12.0. The van der Waals surface area contributed by atoms with Crippen molar-refractivity contribution in [3.05, 3.63) is 22.9 Å². The average Bonchev–Trinajstić information content (AvgIpc) is 2.10. The van der Waals surface area contributed by atoms with E-state index in [1.165, 1.54) is 6.20 Å². The number of nitrogens with zero attached hydrogens (tertiary/aromatic N) is 1. The number of hydrogen-bond donors (Lipinski definition) is 1. The van der Waals surface area contributed by atoms with Crippen LogP contribution < -0.4 is 10.5 Å². The van der Waals surface area contributed by atoms with Crippen molar-refractivity contribution in [2.45, 2.75) is 26.8 Å². The molecule has 15 heavy (non-hydrogen) atoms. The topological polar surface area (TPSA) is 48.1 Å². The average molecular weight is 220 g/mol. The molecule has 0 aromatic carbocycles. The van der Waals surface area contributed by atoms with E-state index in [0.29, 0.717) is 5.56 Å². The molecular weight excluding hydrogens is 209 g/mol. The highest BCUT2D eigenvalue weighted by Gasteiger charge is 2.33. The van der Waals surface area contributed by atoms with Gasteiger partial charge in [-0.15, -0.1) is 13.2 Å². The van der Waals surface area contributed by atoms with Crippen LogP contribution in [0.2, 0.25) is 0 Å². The van der Waals surface area contributed by atoms with E-state index in [1.807, 2.05) is 0 Å². The Balaban J connectivity index is 3.14. The Hall–Kier alpha value is -1.30. The Kier molecular flexibility index (Phi) is 3.18. The van der Waals surface area contributed by atoms with Crippen molar-refractivity contribution in [3.63, 3.8) is 0 Å². The third-order valence-corrected chi connectivity index (χ3v) is 2.09. The van der Waals surface area contributed by atoms with Gasteiger partial charge in [0.15, 0.2) is 0 Å². The molecule has 0 amide bonds. The van der Waals surface area contributed by atoms with Crippen molar-refractivity contribution < 1.29 is 17.9 Å². The lowest BCUT2D eigenvalue weighted by Crippen LogP contribution is -2.20. The van der Waals surface area contributed by atoms with E-state index in [-0.39, 0.29) is 12.1 Å². The summed E-state index contributed by atoms with van der Waals surface area (Å²) >= 11 is 0. The molecule has 0 fully saturated rings. The zero-order valence-electron chi connectivity index (χ0n) is 8.35. The van der Waals surface area contributed by atoms with Crippen molar-refractivity contribution in [1.29, 1.82) is 0 Å². The predicted octanol–water partition coefficient (Wildman–Crippen LogP) is 2.06. The summed E-state index contributed by atoms with van der Waals surface area (Å²) in [5.41, 5.74) is 7.09. The van der Waals surface area contributed by atoms with Crippen molar-refractivity contribution in [3.8, 4) is 5.88 Å². The lowest BCUT2D eigenvalue weighted by Gasteiger charge is -2.14. The first kappa shape index (κ1) is 11.8. The van der Waals surface area contributed by atoms with Crippen molar-refractivity contribution in [2.24, 2.45) is 5.73 Å². The predicted molar refractivity (Wildman–Crippen MR) is 48.3 cm³/mol. The van der Waals surface area contributed by atoms with E-state index in [4.69, 9.17) is 5.73 Å². The largest absolute Gasteiger partial charge is 0.574 e. The van der Waals surface area contributed by atoms with E-state index >= 15 is 0 Å². The quantitative estimate of drug-likeness (QED) is 0.829. The van der Waals surface area contributed by atoms with Gasteiger partial charge >= 0.3 is 6.36 Å². The second-order valence-corrected chi connectivity index (χ2v) is 3.10. The van der Waals surface area contributed by atoms with Gasteiger partial charge in [-0.1, -0.05) is 0 Å². The summed E-state index contributed by atoms with van der Waals surface area (Å²) in [6.07, 6.45) is -3.41. The van der Waals surface area contributed by atoms with E-state index in [0.717, 1.165) is 5.56 Å². The maximum Gasteiger partial charge on any atom is 0.574 e. The number of aryl methyl sites for hydroxylation is 1. The molecule has 1 aromatic heterocycles. The van der Waals surface area contributed by atoms with Crippen LogP contribution in [0, 0.1) is 13.8 Å². The first-order valence-corrected chi connectivity index (χ1v) is 4.26. The fraction of sp³-hybridized carbons (Fsp3) is 0.444. The Labute approximate surface area is 85.1 Å². The lowest BCUT2D eigenvalue weighted by atomic mass is 10.1. The number of ether oxygens (including phenoxy) is 1. The fourth-order valence-corrected chi connectivity index (χ4v) is 1.17. The number of halogens is 3. The van der Waals surface area contributed by atoms with Crippen molar-refractivity contribution >= 4 is 0 Å². The minimum absolute atomic E-state index is 0.0358. The number of pyridine rings is 1. The van der Waals surface area contributed by atoms with Gasteiger partial charge in [0.25, 0.3) is 0 Å². The molecule has 0 aliphatic rings. The number of nitrogens with two attached hydrogens (primary N) is 1. The molecule has 0 radical (unpaired) electrons. The molecule has 1 rings (SSSR count). The van der Waals surface area contributed by atoms with Gasteiger partial charge in [-0.2, -0.15) is 0 Å². The van der Waals surface area contributed by atoms with Crippen molar-refractivity contribution in [1.82, 2.24) is 4.98 Å². The molecule has 0 unspecified atom stereocenters. The molecule has 0 aliphatic carbocycles.